The monoisotopic (exact) mass is 350 g/mol. The Bertz CT molecular complexity index is 638. The van der Waals surface area contributed by atoms with Crippen molar-refractivity contribution in [1.29, 1.82) is 0 Å². The zero-order chi connectivity index (χ0) is 16.9. The Morgan fingerprint density at radius 3 is 2.54 bits per heavy atom. The molecule has 130 valence electrons. The van der Waals surface area contributed by atoms with Crippen LogP contribution in [0, 0.1) is 6.92 Å². The topological polar surface area (TPSA) is 54.6 Å². The molecule has 0 amide bonds. The SMILES string of the molecule is Cc1noc([C@@H](C)N2CCN(CCOc3ccc(Cl)cc3)CC2)n1. The molecule has 0 spiro atoms. The third-order valence-electron chi connectivity index (χ3n) is 4.35. The highest BCUT2D eigenvalue weighted by atomic mass is 35.5. The first kappa shape index (κ1) is 17.2. The Balaban J connectivity index is 1.39. The number of rotatable bonds is 6. The van der Waals surface area contributed by atoms with Gasteiger partial charge in [-0.25, -0.2) is 0 Å². The largest absolute Gasteiger partial charge is 0.492 e. The summed E-state index contributed by atoms with van der Waals surface area (Å²) < 4.78 is 11.0. The van der Waals surface area contributed by atoms with Crippen LogP contribution in [-0.2, 0) is 0 Å². The highest BCUT2D eigenvalue weighted by Crippen LogP contribution is 2.20. The summed E-state index contributed by atoms with van der Waals surface area (Å²) >= 11 is 5.87. The number of aryl methyl sites for hydroxylation is 1. The number of nitrogens with zero attached hydrogens (tertiary/aromatic N) is 4. The molecule has 1 aromatic carbocycles. The molecule has 3 rings (SSSR count). The summed E-state index contributed by atoms with van der Waals surface area (Å²) in [5.74, 6) is 2.25. The average molecular weight is 351 g/mol. The highest BCUT2D eigenvalue weighted by Gasteiger charge is 2.25. The molecule has 1 aliphatic rings. The molecule has 0 saturated carbocycles. The summed E-state index contributed by atoms with van der Waals surface area (Å²) in [5, 5.41) is 4.60. The van der Waals surface area contributed by atoms with Gasteiger partial charge in [0.1, 0.15) is 12.4 Å². The first-order valence-corrected chi connectivity index (χ1v) is 8.64. The van der Waals surface area contributed by atoms with E-state index >= 15 is 0 Å². The molecule has 24 heavy (non-hydrogen) atoms. The molecule has 0 radical (unpaired) electrons. The van der Waals surface area contributed by atoms with E-state index in [4.69, 9.17) is 20.9 Å². The maximum atomic E-state index is 5.87. The minimum absolute atomic E-state index is 0.165. The number of aromatic nitrogens is 2. The molecular weight excluding hydrogens is 328 g/mol. The molecule has 0 aliphatic carbocycles. The summed E-state index contributed by atoms with van der Waals surface area (Å²) in [6.45, 7) is 9.57. The van der Waals surface area contributed by atoms with Crippen LogP contribution in [0.3, 0.4) is 0 Å². The fourth-order valence-corrected chi connectivity index (χ4v) is 2.96. The lowest BCUT2D eigenvalue weighted by Crippen LogP contribution is -2.48. The van der Waals surface area contributed by atoms with Gasteiger partial charge in [0, 0.05) is 37.7 Å². The van der Waals surface area contributed by atoms with Crippen LogP contribution in [-0.4, -0.2) is 59.3 Å². The molecule has 0 unspecified atom stereocenters. The standard InChI is InChI=1S/C17H23ClN4O2/c1-13(17-19-14(2)20-24-17)22-9-7-21(8-10-22)11-12-23-16-5-3-15(18)4-6-16/h3-6,13H,7-12H2,1-2H3/t13-/m1/s1. The lowest BCUT2D eigenvalue weighted by Gasteiger charge is -2.36. The van der Waals surface area contributed by atoms with Crippen LogP contribution >= 0.6 is 11.6 Å². The van der Waals surface area contributed by atoms with Crippen LogP contribution in [0.5, 0.6) is 5.75 Å². The number of piperazine rings is 1. The summed E-state index contributed by atoms with van der Waals surface area (Å²) in [7, 11) is 0. The minimum Gasteiger partial charge on any atom is -0.492 e. The van der Waals surface area contributed by atoms with Gasteiger partial charge in [0.15, 0.2) is 5.82 Å². The average Bonchev–Trinajstić information content (AvgIpc) is 3.03. The van der Waals surface area contributed by atoms with Gasteiger partial charge in [-0.15, -0.1) is 0 Å². The third-order valence-corrected chi connectivity index (χ3v) is 4.60. The van der Waals surface area contributed by atoms with E-state index < -0.39 is 0 Å². The fraction of sp³-hybridized carbons (Fsp3) is 0.529. The molecular formula is C17H23ClN4O2. The van der Waals surface area contributed by atoms with Gasteiger partial charge in [0.25, 0.3) is 0 Å². The van der Waals surface area contributed by atoms with Gasteiger partial charge in [-0.3, -0.25) is 9.80 Å². The minimum atomic E-state index is 0.165. The van der Waals surface area contributed by atoms with Gasteiger partial charge in [0.2, 0.25) is 5.89 Å². The van der Waals surface area contributed by atoms with Crippen LogP contribution in [0.2, 0.25) is 5.02 Å². The first-order valence-electron chi connectivity index (χ1n) is 8.27. The van der Waals surface area contributed by atoms with Gasteiger partial charge in [0.05, 0.1) is 6.04 Å². The second-order valence-electron chi connectivity index (χ2n) is 6.04. The number of ether oxygens (including phenoxy) is 1. The Labute approximate surface area is 147 Å². The number of hydrogen-bond donors (Lipinski definition) is 0. The zero-order valence-corrected chi connectivity index (χ0v) is 14.9. The molecule has 0 N–H and O–H groups in total. The molecule has 1 aromatic heterocycles. The second kappa shape index (κ2) is 7.96. The zero-order valence-electron chi connectivity index (χ0n) is 14.1. The van der Waals surface area contributed by atoms with E-state index in [1.165, 1.54) is 0 Å². The van der Waals surface area contributed by atoms with Crippen molar-refractivity contribution in [2.45, 2.75) is 19.9 Å². The lowest BCUT2D eigenvalue weighted by molar-refractivity contribution is 0.0800. The van der Waals surface area contributed by atoms with E-state index in [9.17, 15) is 0 Å². The van der Waals surface area contributed by atoms with Crippen molar-refractivity contribution in [1.82, 2.24) is 19.9 Å². The second-order valence-corrected chi connectivity index (χ2v) is 6.47. The molecule has 1 saturated heterocycles. The van der Waals surface area contributed by atoms with Crippen molar-refractivity contribution >= 4 is 11.6 Å². The van der Waals surface area contributed by atoms with Crippen LogP contribution < -0.4 is 4.74 Å². The van der Waals surface area contributed by atoms with E-state index in [1.54, 1.807) is 0 Å². The molecule has 2 aromatic rings. The van der Waals surface area contributed by atoms with E-state index in [0.717, 1.165) is 43.5 Å². The van der Waals surface area contributed by atoms with Crippen molar-refractivity contribution < 1.29 is 9.26 Å². The first-order chi connectivity index (χ1) is 11.6. The molecule has 6 nitrogen and oxygen atoms in total. The van der Waals surface area contributed by atoms with Gasteiger partial charge in [-0.1, -0.05) is 16.8 Å². The number of hydrogen-bond acceptors (Lipinski definition) is 6. The Kier molecular flexibility index (Phi) is 5.71. The predicted octanol–water partition coefficient (Wildman–Crippen LogP) is 2.79. The summed E-state index contributed by atoms with van der Waals surface area (Å²) in [5.41, 5.74) is 0. The van der Waals surface area contributed by atoms with Crippen molar-refractivity contribution in [3.05, 3.63) is 41.0 Å². The Morgan fingerprint density at radius 1 is 1.21 bits per heavy atom. The predicted molar refractivity (Wildman–Crippen MR) is 92.4 cm³/mol. The van der Waals surface area contributed by atoms with E-state index in [2.05, 4.69) is 26.9 Å². The van der Waals surface area contributed by atoms with Crippen molar-refractivity contribution in [2.75, 3.05) is 39.3 Å². The van der Waals surface area contributed by atoms with Crippen LogP contribution in [0.25, 0.3) is 0 Å². The lowest BCUT2D eigenvalue weighted by atomic mass is 10.2. The molecule has 1 aliphatic heterocycles. The van der Waals surface area contributed by atoms with Gasteiger partial charge in [-0.2, -0.15) is 4.98 Å². The summed E-state index contributed by atoms with van der Waals surface area (Å²) in [6.07, 6.45) is 0. The maximum absolute atomic E-state index is 5.87. The number of halogens is 1. The highest BCUT2D eigenvalue weighted by molar-refractivity contribution is 6.30. The molecule has 0 bridgehead atoms. The smallest absolute Gasteiger partial charge is 0.243 e. The van der Waals surface area contributed by atoms with Crippen molar-refractivity contribution in [2.24, 2.45) is 0 Å². The summed E-state index contributed by atoms with van der Waals surface area (Å²) in [4.78, 5) is 9.13. The van der Waals surface area contributed by atoms with E-state index in [-0.39, 0.29) is 6.04 Å². The molecule has 1 atom stereocenters. The molecule has 7 heteroatoms. The fourth-order valence-electron chi connectivity index (χ4n) is 2.84. The molecule has 2 heterocycles. The Morgan fingerprint density at radius 2 is 1.92 bits per heavy atom. The van der Waals surface area contributed by atoms with E-state index in [1.807, 2.05) is 31.2 Å². The van der Waals surface area contributed by atoms with Gasteiger partial charge in [-0.05, 0) is 38.1 Å². The van der Waals surface area contributed by atoms with Gasteiger partial charge >= 0.3 is 0 Å². The molecule has 1 fully saturated rings. The Hall–Kier alpha value is -1.63. The van der Waals surface area contributed by atoms with Crippen molar-refractivity contribution in [3.8, 4) is 5.75 Å². The van der Waals surface area contributed by atoms with E-state index in [0.29, 0.717) is 18.3 Å². The van der Waals surface area contributed by atoms with Gasteiger partial charge < -0.3 is 9.26 Å². The van der Waals surface area contributed by atoms with Crippen LogP contribution in [0.15, 0.2) is 28.8 Å². The maximum Gasteiger partial charge on any atom is 0.243 e. The normalized spacial score (nSPS) is 17.8. The van der Waals surface area contributed by atoms with Crippen molar-refractivity contribution in [3.63, 3.8) is 0 Å². The van der Waals surface area contributed by atoms with Crippen LogP contribution in [0.4, 0.5) is 0 Å². The number of benzene rings is 1. The third kappa shape index (κ3) is 4.47. The summed E-state index contributed by atoms with van der Waals surface area (Å²) in [6, 6.07) is 7.65. The van der Waals surface area contributed by atoms with Crippen LogP contribution in [0.1, 0.15) is 24.7 Å². The quantitative estimate of drug-likeness (QED) is 0.798.